The highest BCUT2D eigenvalue weighted by Gasteiger charge is 2.11. The zero-order valence-electron chi connectivity index (χ0n) is 15.2. The van der Waals surface area contributed by atoms with Gasteiger partial charge in [-0.3, -0.25) is 0 Å². The molecule has 3 N–H and O–H groups in total. The van der Waals surface area contributed by atoms with Crippen LogP contribution in [0.5, 0.6) is 17.2 Å². The van der Waals surface area contributed by atoms with E-state index in [2.05, 4.69) is 15.6 Å². The van der Waals surface area contributed by atoms with Gasteiger partial charge in [0.25, 0.3) is 0 Å². The highest BCUT2D eigenvalue weighted by atomic mass is 35.5. The molecule has 2 rings (SSSR count). The number of methoxy groups -OCH3 is 2. The molecule has 0 saturated carbocycles. The van der Waals surface area contributed by atoms with Crippen LogP contribution in [0.1, 0.15) is 18.1 Å². The summed E-state index contributed by atoms with van der Waals surface area (Å²) < 4.78 is 10.4. The molecule has 0 unspecified atom stereocenters. The predicted molar refractivity (Wildman–Crippen MR) is 104 cm³/mol. The van der Waals surface area contributed by atoms with Gasteiger partial charge in [0.15, 0.2) is 17.5 Å². The molecule has 2 aromatic carbocycles. The van der Waals surface area contributed by atoms with Gasteiger partial charge in [0.05, 0.1) is 20.8 Å². The number of hydrogen-bond acceptors (Lipinski definition) is 4. The van der Waals surface area contributed by atoms with E-state index in [0.29, 0.717) is 35.6 Å². The van der Waals surface area contributed by atoms with Crippen molar-refractivity contribution >= 4 is 17.6 Å². The van der Waals surface area contributed by atoms with E-state index in [1.807, 2.05) is 31.2 Å². The van der Waals surface area contributed by atoms with Gasteiger partial charge in [-0.25, -0.2) is 4.99 Å². The minimum atomic E-state index is -0.0218. The molecule has 0 bridgehead atoms. The van der Waals surface area contributed by atoms with E-state index in [4.69, 9.17) is 21.1 Å². The SMILES string of the molecule is CCNC(=NCc1cc(OC)c(O)c(OC)c1)NCc1ccccc1Cl. The van der Waals surface area contributed by atoms with Crippen LogP contribution in [0.4, 0.5) is 0 Å². The molecule has 0 fully saturated rings. The van der Waals surface area contributed by atoms with Gasteiger partial charge in [0, 0.05) is 18.1 Å². The summed E-state index contributed by atoms with van der Waals surface area (Å²) in [5, 5.41) is 17.2. The first kappa shape index (κ1) is 19.7. The molecule has 26 heavy (non-hydrogen) atoms. The van der Waals surface area contributed by atoms with Crippen LogP contribution in [0.3, 0.4) is 0 Å². The summed E-state index contributed by atoms with van der Waals surface area (Å²) in [6, 6.07) is 11.1. The van der Waals surface area contributed by atoms with E-state index in [1.165, 1.54) is 14.2 Å². The lowest BCUT2D eigenvalue weighted by molar-refractivity contribution is 0.339. The second-order valence-corrected chi connectivity index (χ2v) is 5.90. The van der Waals surface area contributed by atoms with Crippen molar-refractivity contribution in [2.75, 3.05) is 20.8 Å². The van der Waals surface area contributed by atoms with E-state index in [0.717, 1.165) is 17.7 Å². The van der Waals surface area contributed by atoms with Gasteiger partial charge in [-0.1, -0.05) is 29.8 Å². The molecule has 0 aliphatic carbocycles. The zero-order chi connectivity index (χ0) is 18.9. The molecule has 0 atom stereocenters. The number of nitrogens with zero attached hydrogens (tertiary/aromatic N) is 1. The van der Waals surface area contributed by atoms with Crippen molar-refractivity contribution in [3.63, 3.8) is 0 Å². The number of benzene rings is 2. The third-order valence-electron chi connectivity index (χ3n) is 3.71. The average Bonchev–Trinajstić information content (AvgIpc) is 2.66. The van der Waals surface area contributed by atoms with Crippen LogP contribution in [-0.2, 0) is 13.1 Å². The smallest absolute Gasteiger partial charge is 0.200 e. The second-order valence-electron chi connectivity index (χ2n) is 5.49. The fourth-order valence-corrected chi connectivity index (χ4v) is 2.57. The summed E-state index contributed by atoms with van der Waals surface area (Å²) in [5.41, 5.74) is 1.85. The summed E-state index contributed by atoms with van der Waals surface area (Å²) in [5.74, 6) is 1.34. The number of aromatic hydroxyl groups is 1. The van der Waals surface area contributed by atoms with Gasteiger partial charge in [-0.05, 0) is 36.2 Å². The summed E-state index contributed by atoms with van der Waals surface area (Å²) in [6.07, 6.45) is 0. The molecule has 0 aliphatic heterocycles. The Kier molecular flexibility index (Phi) is 7.41. The van der Waals surface area contributed by atoms with E-state index in [-0.39, 0.29) is 5.75 Å². The molecule has 0 spiro atoms. The van der Waals surface area contributed by atoms with Crippen molar-refractivity contribution in [3.8, 4) is 17.2 Å². The maximum absolute atomic E-state index is 9.99. The third kappa shape index (κ3) is 5.20. The highest BCUT2D eigenvalue weighted by Crippen LogP contribution is 2.37. The summed E-state index contributed by atoms with van der Waals surface area (Å²) in [6.45, 7) is 3.69. The molecule has 0 radical (unpaired) electrons. The first-order valence-corrected chi connectivity index (χ1v) is 8.66. The quantitative estimate of drug-likeness (QED) is 0.510. The Morgan fingerprint density at radius 1 is 1.12 bits per heavy atom. The molecular weight excluding hydrogens is 354 g/mol. The molecule has 0 amide bonds. The first-order chi connectivity index (χ1) is 12.6. The Labute approximate surface area is 158 Å². The lowest BCUT2D eigenvalue weighted by Crippen LogP contribution is -2.36. The van der Waals surface area contributed by atoms with Crippen molar-refractivity contribution in [2.24, 2.45) is 4.99 Å². The number of aliphatic imine (C=N–C) groups is 1. The molecule has 140 valence electrons. The van der Waals surface area contributed by atoms with Crippen molar-refractivity contribution in [3.05, 3.63) is 52.5 Å². The summed E-state index contributed by atoms with van der Waals surface area (Å²) >= 11 is 6.19. The number of guanidine groups is 1. The second kappa shape index (κ2) is 9.77. The van der Waals surface area contributed by atoms with Crippen LogP contribution in [0.25, 0.3) is 0 Å². The molecule has 0 aromatic heterocycles. The number of hydrogen-bond donors (Lipinski definition) is 3. The minimum Gasteiger partial charge on any atom is -0.502 e. The number of phenolic OH excluding ortho intramolecular Hbond substituents is 1. The molecule has 0 saturated heterocycles. The summed E-state index contributed by atoms with van der Waals surface area (Å²) in [7, 11) is 2.99. The maximum Gasteiger partial charge on any atom is 0.200 e. The number of rotatable bonds is 7. The van der Waals surface area contributed by atoms with Gasteiger partial charge in [-0.15, -0.1) is 0 Å². The zero-order valence-corrected chi connectivity index (χ0v) is 15.9. The van der Waals surface area contributed by atoms with Gasteiger partial charge < -0.3 is 25.2 Å². The fourth-order valence-electron chi connectivity index (χ4n) is 2.37. The molecule has 0 heterocycles. The standard InChI is InChI=1S/C19H24ClN3O3/c1-4-21-19(23-12-14-7-5-6-8-15(14)20)22-11-13-9-16(25-2)18(24)17(10-13)26-3/h5-10,24H,4,11-12H2,1-3H3,(H2,21,22,23). The van der Waals surface area contributed by atoms with Crippen molar-refractivity contribution in [2.45, 2.75) is 20.0 Å². The summed E-state index contributed by atoms with van der Waals surface area (Å²) in [4.78, 5) is 4.57. The monoisotopic (exact) mass is 377 g/mol. The van der Waals surface area contributed by atoms with Crippen LogP contribution in [-0.4, -0.2) is 31.8 Å². The van der Waals surface area contributed by atoms with Gasteiger partial charge in [0.2, 0.25) is 5.75 Å². The average molecular weight is 378 g/mol. The minimum absolute atomic E-state index is 0.0218. The first-order valence-electron chi connectivity index (χ1n) is 8.28. The van der Waals surface area contributed by atoms with Crippen molar-refractivity contribution in [1.29, 1.82) is 0 Å². The predicted octanol–water partition coefficient (Wildman–Crippen LogP) is 3.32. The van der Waals surface area contributed by atoms with E-state index in [1.54, 1.807) is 12.1 Å². The molecular formula is C19H24ClN3O3. The van der Waals surface area contributed by atoms with Crippen molar-refractivity contribution in [1.82, 2.24) is 10.6 Å². The topological polar surface area (TPSA) is 75.1 Å². The molecule has 0 aliphatic rings. The Morgan fingerprint density at radius 3 is 2.35 bits per heavy atom. The number of halogens is 1. The molecule has 6 nitrogen and oxygen atoms in total. The highest BCUT2D eigenvalue weighted by molar-refractivity contribution is 6.31. The molecule has 2 aromatic rings. The Bertz CT molecular complexity index is 740. The Hall–Kier alpha value is -2.60. The van der Waals surface area contributed by atoms with Gasteiger partial charge in [-0.2, -0.15) is 0 Å². The normalized spacial score (nSPS) is 11.2. The largest absolute Gasteiger partial charge is 0.502 e. The van der Waals surface area contributed by atoms with Crippen LogP contribution < -0.4 is 20.1 Å². The maximum atomic E-state index is 9.99. The van der Waals surface area contributed by atoms with E-state index in [9.17, 15) is 5.11 Å². The van der Waals surface area contributed by atoms with Crippen LogP contribution in [0, 0.1) is 0 Å². The lowest BCUT2D eigenvalue weighted by atomic mass is 10.2. The van der Waals surface area contributed by atoms with Gasteiger partial charge in [0.1, 0.15) is 0 Å². The molecule has 7 heteroatoms. The van der Waals surface area contributed by atoms with Crippen LogP contribution in [0.2, 0.25) is 5.02 Å². The third-order valence-corrected chi connectivity index (χ3v) is 4.08. The lowest BCUT2D eigenvalue weighted by Gasteiger charge is -2.13. The van der Waals surface area contributed by atoms with Crippen LogP contribution >= 0.6 is 11.6 Å². The Morgan fingerprint density at radius 2 is 1.77 bits per heavy atom. The Balaban J connectivity index is 2.12. The van der Waals surface area contributed by atoms with Crippen molar-refractivity contribution < 1.29 is 14.6 Å². The number of ether oxygens (including phenoxy) is 2. The van der Waals surface area contributed by atoms with E-state index >= 15 is 0 Å². The van der Waals surface area contributed by atoms with E-state index < -0.39 is 0 Å². The number of nitrogens with one attached hydrogen (secondary N) is 2. The van der Waals surface area contributed by atoms with Crippen LogP contribution in [0.15, 0.2) is 41.4 Å². The van der Waals surface area contributed by atoms with Gasteiger partial charge >= 0.3 is 0 Å². The fraction of sp³-hybridized carbons (Fsp3) is 0.316. The number of phenols is 1.